The minimum absolute atomic E-state index is 0.0790. The molecule has 2 rings (SSSR count). The highest BCUT2D eigenvalue weighted by Gasteiger charge is 2.10. The van der Waals surface area contributed by atoms with Crippen LogP contribution >= 0.6 is 15.9 Å². The first kappa shape index (κ1) is 15.2. The summed E-state index contributed by atoms with van der Waals surface area (Å²) >= 11 is 3.20. The van der Waals surface area contributed by atoms with E-state index in [2.05, 4.69) is 31.8 Å². The largest absolute Gasteiger partial charge is 0.356 e. The van der Waals surface area contributed by atoms with Crippen molar-refractivity contribution in [3.8, 4) is 0 Å². The standard InChI is InChI=1S/C14H13BrFN3O2/c15-10-7-12(17-8-10)14(21)19-18-13(20)6-5-9-3-1-2-4-11(9)16/h1-4,7-8,17H,5-6H2,(H,18,20)(H,19,21). The van der Waals surface area contributed by atoms with Crippen LogP contribution in [0.3, 0.4) is 0 Å². The Bertz CT molecular complexity index is 657. The number of amides is 2. The lowest BCUT2D eigenvalue weighted by atomic mass is 10.1. The van der Waals surface area contributed by atoms with E-state index < -0.39 is 11.8 Å². The quantitative estimate of drug-likeness (QED) is 0.738. The number of carbonyl (C=O) groups excluding carboxylic acids is 2. The van der Waals surface area contributed by atoms with Crippen molar-refractivity contribution in [2.45, 2.75) is 12.8 Å². The molecule has 5 nitrogen and oxygen atoms in total. The van der Waals surface area contributed by atoms with Crippen molar-refractivity contribution < 1.29 is 14.0 Å². The predicted octanol–water partition coefficient (Wildman–Crippen LogP) is 2.31. The first-order valence-electron chi connectivity index (χ1n) is 6.23. The lowest BCUT2D eigenvalue weighted by Gasteiger charge is -2.06. The number of benzene rings is 1. The SMILES string of the molecule is O=C(CCc1ccccc1F)NNC(=O)c1cc(Br)c[nH]1. The number of rotatable bonds is 4. The van der Waals surface area contributed by atoms with Crippen molar-refractivity contribution in [3.63, 3.8) is 0 Å². The van der Waals surface area contributed by atoms with Crippen molar-refractivity contribution in [2.24, 2.45) is 0 Å². The molecule has 3 N–H and O–H groups in total. The fraction of sp³-hybridized carbons (Fsp3) is 0.143. The van der Waals surface area contributed by atoms with E-state index in [-0.39, 0.29) is 18.7 Å². The van der Waals surface area contributed by atoms with Crippen LogP contribution in [0.1, 0.15) is 22.5 Å². The predicted molar refractivity (Wildman–Crippen MR) is 78.8 cm³/mol. The number of H-pyrrole nitrogens is 1. The minimum atomic E-state index is -0.458. The van der Waals surface area contributed by atoms with Gasteiger partial charge in [0.05, 0.1) is 0 Å². The minimum Gasteiger partial charge on any atom is -0.356 e. The van der Waals surface area contributed by atoms with Gasteiger partial charge in [0.15, 0.2) is 0 Å². The summed E-state index contributed by atoms with van der Waals surface area (Å²) in [4.78, 5) is 26.0. The number of nitrogens with one attached hydrogen (secondary N) is 3. The van der Waals surface area contributed by atoms with Crippen molar-refractivity contribution >= 4 is 27.7 Å². The molecule has 0 spiro atoms. The van der Waals surface area contributed by atoms with E-state index in [1.165, 1.54) is 6.07 Å². The topological polar surface area (TPSA) is 74.0 Å². The van der Waals surface area contributed by atoms with E-state index in [9.17, 15) is 14.0 Å². The smallest absolute Gasteiger partial charge is 0.286 e. The molecule has 0 aliphatic rings. The van der Waals surface area contributed by atoms with E-state index in [1.807, 2.05) is 0 Å². The number of halogens is 2. The lowest BCUT2D eigenvalue weighted by molar-refractivity contribution is -0.121. The average Bonchev–Trinajstić information content (AvgIpc) is 2.90. The number of aromatic amines is 1. The highest BCUT2D eigenvalue weighted by Crippen LogP contribution is 2.10. The van der Waals surface area contributed by atoms with Gasteiger partial charge in [-0.25, -0.2) is 4.39 Å². The fourth-order valence-electron chi connectivity index (χ4n) is 1.70. The summed E-state index contributed by atoms with van der Waals surface area (Å²) < 4.78 is 14.1. The molecular weight excluding hydrogens is 341 g/mol. The van der Waals surface area contributed by atoms with Crippen LogP contribution in [-0.4, -0.2) is 16.8 Å². The van der Waals surface area contributed by atoms with Gasteiger partial charge in [0.25, 0.3) is 5.91 Å². The molecule has 1 aromatic heterocycles. The van der Waals surface area contributed by atoms with Gasteiger partial charge in [0.1, 0.15) is 11.5 Å². The molecule has 0 atom stereocenters. The second kappa shape index (κ2) is 7.03. The Morgan fingerprint density at radius 2 is 2.00 bits per heavy atom. The van der Waals surface area contributed by atoms with Gasteiger partial charge in [-0.2, -0.15) is 0 Å². The summed E-state index contributed by atoms with van der Waals surface area (Å²) in [6, 6.07) is 7.85. The summed E-state index contributed by atoms with van der Waals surface area (Å²) in [5, 5.41) is 0. The Hall–Kier alpha value is -2.15. The van der Waals surface area contributed by atoms with Gasteiger partial charge in [-0.15, -0.1) is 0 Å². The molecule has 2 amide bonds. The molecule has 2 aromatic rings. The van der Waals surface area contributed by atoms with Gasteiger partial charge in [0.2, 0.25) is 5.91 Å². The molecule has 1 heterocycles. The van der Waals surface area contributed by atoms with Crippen molar-refractivity contribution in [2.75, 3.05) is 0 Å². The average molecular weight is 354 g/mol. The molecule has 1 aromatic carbocycles. The number of hydrazine groups is 1. The second-order valence-electron chi connectivity index (χ2n) is 4.33. The van der Waals surface area contributed by atoms with E-state index in [4.69, 9.17) is 0 Å². The number of aryl methyl sites for hydroxylation is 1. The third kappa shape index (κ3) is 4.42. The molecule has 110 valence electrons. The molecule has 0 bridgehead atoms. The zero-order valence-electron chi connectivity index (χ0n) is 11.0. The molecular formula is C14H13BrFN3O2. The Morgan fingerprint density at radius 1 is 1.24 bits per heavy atom. The van der Waals surface area contributed by atoms with Gasteiger partial charge < -0.3 is 4.98 Å². The fourth-order valence-corrected chi connectivity index (χ4v) is 2.05. The molecule has 0 unspecified atom stereocenters. The third-order valence-electron chi connectivity index (χ3n) is 2.79. The zero-order chi connectivity index (χ0) is 15.2. The second-order valence-corrected chi connectivity index (χ2v) is 5.24. The van der Waals surface area contributed by atoms with E-state index in [1.54, 1.807) is 30.5 Å². The van der Waals surface area contributed by atoms with Crippen molar-refractivity contribution in [1.82, 2.24) is 15.8 Å². The molecule has 0 saturated carbocycles. The maximum absolute atomic E-state index is 13.4. The number of hydrogen-bond acceptors (Lipinski definition) is 2. The Morgan fingerprint density at radius 3 is 2.67 bits per heavy atom. The Labute approximate surface area is 129 Å². The van der Waals surface area contributed by atoms with Crippen LogP contribution in [0.25, 0.3) is 0 Å². The van der Waals surface area contributed by atoms with Gasteiger partial charge in [-0.1, -0.05) is 18.2 Å². The monoisotopic (exact) mass is 353 g/mol. The number of hydrogen-bond donors (Lipinski definition) is 3. The summed E-state index contributed by atoms with van der Waals surface area (Å²) in [6.07, 6.45) is 1.95. The van der Waals surface area contributed by atoms with Crippen molar-refractivity contribution in [3.05, 3.63) is 58.1 Å². The Kier molecular flexibility index (Phi) is 5.10. The number of aromatic nitrogens is 1. The molecule has 21 heavy (non-hydrogen) atoms. The first-order chi connectivity index (χ1) is 10.1. The van der Waals surface area contributed by atoms with Gasteiger partial charge in [-0.05, 0) is 40.0 Å². The summed E-state index contributed by atoms with van der Waals surface area (Å²) in [6.45, 7) is 0. The molecule has 7 heteroatoms. The van der Waals surface area contributed by atoms with E-state index in [0.717, 1.165) is 4.47 Å². The van der Waals surface area contributed by atoms with E-state index >= 15 is 0 Å². The van der Waals surface area contributed by atoms with Gasteiger partial charge >= 0.3 is 0 Å². The number of carbonyl (C=O) groups is 2. The molecule has 0 aliphatic carbocycles. The van der Waals surface area contributed by atoms with Crippen LogP contribution < -0.4 is 10.9 Å². The van der Waals surface area contributed by atoms with Crippen LogP contribution in [0.15, 0.2) is 41.0 Å². The maximum Gasteiger partial charge on any atom is 0.286 e. The van der Waals surface area contributed by atoms with Gasteiger partial charge in [-0.3, -0.25) is 20.4 Å². The maximum atomic E-state index is 13.4. The van der Waals surface area contributed by atoms with Crippen LogP contribution in [0, 0.1) is 5.82 Å². The van der Waals surface area contributed by atoms with Crippen LogP contribution in [-0.2, 0) is 11.2 Å². The Balaban J connectivity index is 1.78. The molecule has 0 radical (unpaired) electrons. The molecule has 0 aliphatic heterocycles. The highest BCUT2D eigenvalue weighted by atomic mass is 79.9. The van der Waals surface area contributed by atoms with Gasteiger partial charge in [0, 0.05) is 17.1 Å². The zero-order valence-corrected chi connectivity index (χ0v) is 12.5. The lowest BCUT2D eigenvalue weighted by Crippen LogP contribution is -2.41. The first-order valence-corrected chi connectivity index (χ1v) is 7.02. The van der Waals surface area contributed by atoms with Crippen LogP contribution in [0.2, 0.25) is 0 Å². The van der Waals surface area contributed by atoms with Crippen molar-refractivity contribution in [1.29, 1.82) is 0 Å². The summed E-state index contributed by atoms with van der Waals surface area (Å²) in [5.74, 6) is -1.19. The highest BCUT2D eigenvalue weighted by molar-refractivity contribution is 9.10. The van der Waals surface area contributed by atoms with Crippen LogP contribution in [0.5, 0.6) is 0 Å². The summed E-state index contributed by atoms with van der Waals surface area (Å²) in [7, 11) is 0. The molecule has 0 fully saturated rings. The van der Waals surface area contributed by atoms with Crippen LogP contribution in [0.4, 0.5) is 4.39 Å². The third-order valence-corrected chi connectivity index (χ3v) is 3.24. The molecule has 0 saturated heterocycles. The normalized spacial score (nSPS) is 10.2. The van der Waals surface area contributed by atoms with E-state index in [0.29, 0.717) is 11.3 Å². The summed E-state index contributed by atoms with van der Waals surface area (Å²) in [5.41, 5.74) is 5.34.